The molecule has 1 unspecified atom stereocenters. The number of hydrogen-bond donors (Lipinski definition) is 1. The van der Waals surface area contributed by atoms with E-state index < -0.39 is 11.7 Å². The number of carbonyl (C=O) groups is 1. The zero-order valence-corrected chi connectivity index (χ0v) is 18.8. The molecule has 13 heteroatoms. The number of aromatic nitrogens is 4. The number of nitrogens with one attached hydrogen (secondary N) is 1. The monoisotopic (exact) mass is 481 g/mol. The molecular weight excluding hydrogens is 459 g/mol. The molecule has 33 heavy (non-hydrogen) atoms. The first-order valence-corrected chi connectivity index (χ1v) is 11.1. The molecule has 9 nitrogen and oxygen atoms in total. The standard InChI is InChI=1S/C20H22F3N7O2S/c1-12(18-25-17(28-32-18)14-4-3-5-15(10-14)20(21,22)23)30-8-6-29(7-9-30)11-16(31)24-19-27-26-13(2)33-19/h3-5,10,12H,6-9,11H2,1-2H3,(H,24,27,31). The van der Waals surface area contributed by atoms with Gasteiger partial charge in [-0.05, 0) is 26.0 Å². The van der Waals surface area contributed by atoms with Crippen molar-refractivity contribution in [3.63, 3.8) is 0 Å². The third-order valence-electron chi connectivity index (χ3n) is 5.34. The molecule has 0 aliphatic carbocycles. The Bertz CT molecular complexity index is 1110. The van der Waals surface area contributed by atoms with E-state index in [1.165, 1.54) is 23.5 Å². The summed E-state index contributed by atoms with van der Waals surface area (Å²) in [6, 6.07) is 4.63. The van der Waals surface area contributed by atoms with E-state index in [4.69, 9.17) is 4.52 Å². The van der Waals surface area contributed by atoms with E-state index >= 15 is 0 Å². The minimum Gasteiger partial charge on any atom is -0.337 e. The van der Waals surface area contributed by atoms with E-state index in [9.17, 15) is 18.0 Å². The summed E-state index contributed by atoms with van der Waals surface area (Å²) < 4.78 is 44.3. The summed E-state index contributed by atoms with van der Waals surface area (Å²) in [5, 5.41) is 15.6. The van der Waals surface area contributed by atoms with Crippen LogP contribution in [0.4, 0.5) is 18.3 Å². The molecule has 2 aromatic heterocycles. The highest BCUT2D eigenvalue weighted by molar-refractivity contribution is 7.15. The molecule has 176 valence electrons. The highest BCUT2D eigenvalue weighted by Crippen LogP contribution is 2.32. The zero-order chi connectivity index (χ0) is 23.6. The topological polar surface area (TPSA) is 100 Å². The first-order valence-electron chi connectivity index (χ1n) is 10.3. The van der Waals surface area contributed by atoms with Crippen molar-refractivity contribution in [1.82, 2.24) is 30.1 Å². The van der Waals surface area contributed by atoms with Gasteiger partial charge in [0.05, 0.1) is 18.2 Å². The van der Waals surface area contributed by atoms with Crippen LogP contribution in [0, 0.1) is 6.92 Å². The highest BCUT2D eigenvalue weighted by Gasteiger charge is 2.31. The van der Waals surface area contributed by atoms with Crippen molar-refractivity contribution >= 4 is 22.4 Å². The van der Waals surface area contributed by atoms with Crippen LogP contribution in [-0.2, 0) is 11.0 Å². The first kappa shape index (κ1) is 23.3. The van der Waals surface area contributed by atoms with Gasteiger partial charge in [0.25, 0.3) is 0 Å². The number of carbonyl (C=O) groups excluding carboxylic acids is 1. The minimum absolute atomic E-state index is 0.116. The molecular formula is C20H22F3N7O2S. The van der Waals surface area contributed by atoms with Crippen LogP contribution in [-0.4, -0.2) is 68.8 Å². The zero-order valence-electron chi connectivity index (χ0n) is 18.0. The van der Waals surface area contributed by atoms with Gasteiger partial charge >= 0.3 is 6.18 Å². The van der Waals surface area contributed by atoms with E-state index in [1.807, 2.05) is 18.7 Å². The second-order valence-corrected chi connectivity index (χ2v) is 8.88. The minimum atomic E-state index is -4.44. The Kier molecular flexibility index (Phi) is 6.72. The summed E-state index contributed by atoms with van der Waals surface area (Å²) in [5.41, 5.74) is -0.519. The maximum atomic E-state index is 13.0. The lowest BCUT2D eigenvalue weighted by Gasteiger charge is -2.36. The van der Waals surface area contributed by atoms with Crippen molar-refractivity contribution in [2.24, 2.45) is 0 Å². The predicted octanol–water partition coefficient (Wildman–Crippen LogP) is 3.23. The molecule has 1 N–H and O–H groups in total. The highest BCUT2D eigenvalue weighted by atomic mass is 32.1. The van der Waals surface area contributed by atoms with E-state index in [2.05, 4.69) is 30.6 Å². The largest absolute Gasteiger partial charge is 0.416 e. The summed E-state index contributed by atoms with van der Waals surface area (Å²) >= 11 is 1.32. The predicted molar refractivity (Wildman–Crippen MR) is 114 cm³/mol. The number of piperazine rings is 1. The lowest BCUT2D eigenvalue weighted by atomic mass is 10.1. The second-order valence-electron chi connectivity index (χ2n) is 7.70. The van der Waals surface area contributed by atoms with Crippen molar-refractivity contribution in [3.8, 4) is 11.4 Å². The van der Waals surface area contributed by atoms with Crippen LogP contribution in [0.5, 0.6) is 0 Å². The molecule has 0 spiro atoms. The Hall–Kier alpha value is -2.90. The Balaban J connectivity index is 1.32. The number of halogens is 3. The Morgan fingerprint density at radius 1 is 1.24 bits per heavy atom. The van der Waals surface area contributed by atoms with E-state index in [0.717, 1.165) is 17.1 Å². The molecule has 1 saturated heterocycles. The van der Waals surface area contributed by atoms with Gasteiger partial charge in [0.2, 0.25) is 22.8 Å². The molecule has 0 bridgehead atoms. The molecule has 1 fully saturated rings. The quantitative estimate of drug-likeness (QED) is 0.573. The van der Waals surface area contributed by atoms with Crippen molar-refractivity contribution in [2.75, 3.05) is 38.0 Å². The SMILES string of the molecule is Cc1nnc(NC(=O)CN2CCN(C(C)c3nc(-c4cccc(C(F)(F)F)c4)no3)CC2)s1. The summed E-state index contributed by atoms with van der Waals surface area (Å²) in [7, 11) is 0. The van der Waals surface area contributed by atoms with Gasteiger partial charge < -0.3 is 4.52 Å². The Morgan fingerprint density at radius 3 is 2.67 bits per heavy atom. The van der Waals surface area contributed by atoms with E-state index in [1.54, 1.807) is 0 Å². The summed E-state index contributed by atoms with van der Waals surface area (Å²) in [4.78, 5) is 20.7. The molecule has 3 heterocycles. The van der Waals surface area contributed by atoms with Gasteiger partial charge in [-0.15, -0.1) is 10.2 Å². The Labute approximate surface area is 191 Å². The Morgan fingerprint density at radius 2 is 2.00 bits per heavy atom. The second kappa shape index (κ2) is 9.53. The third-order valence-corrected chi connectivity index (χ3v) is 6.10. The number of aryl methyl sites for hydroxylation is 1. The van der Waals surface area contributed by atoms with Gasteiger partial charge in [-0.1, -0.05) is 28.6 Å². The van der Waals surface area contributed by atoms with Crippen LogP contribution in [0.2, 0.25) is 0 Å². The van der Waals surface area contributed by atoms with Crippen molar-refractivity contribution in [2.45, 2.75) is 26.1 Å². The maximum Gasteiger partial charge on any atom is 0.416 e. The van der Waals surface area contributed by atoms with E-state index in [0.29, 0.717) is 37.2 Å². The van der Waals surface area contributed by atoms with Crippen LogP contribution < -0.4 is 5.32 Å². The van der Waals surface area contributed by atoms with Gasteiger partial charge in [-0.3, -0.25) is 19.9 Å². The van der Waals surface area contributed by atoms with Crippen molar-refractivity contribution in [3.05, 3.63) is 40.7 Å². The molecule has 1 amide bonds. The lowest BCUT2D eigenvalue weighted by Crippen LogP contribution is -2.49. The summed E-state index contributed by atoms with van der Waals surface area (Å²) in [6.07, 6.45) is -4.44. The molecule has 3 aromatic rings. The van der Waals surface area contributed by atoms with Gasteiger partial charge in [-0.2, -0.15) is 18.2 Å². The van der Waals surface area contributed by atoms with Crippen LogP contribution in [0.25, 0.3) is 11.4 Å². The number of benzene rings is 1. The fourth-order valence-corrected chi connectivity index (χ4v) is 4.14. The van der Waals surface area contributed by atoms with Gasteiger partial charge in [0.15, 0.2) is 0 Å². The molecule has 0 saturated carbocycles. The molecule has 0 radical (unpaired) electrons. The van der Waals surface area contributed by atoms with Gasteiger partial charge in [0, 0.05) is 31.7 Å². The summed E-state index contributed by atoms with van der Waals surface area (Å²) in [6.45, 7) is 6.66. The van der Waals surface area contributed by atoms with Gasteiger partial charge in [-0.25, -0.2) is 0 Å². The smallest absolute Gasteiger partial charge is 0.337 e. The molecule has 4 rings (SSSR count). The normalized spacial score (nSPS) is 16.6. The number of rotatable bonds is 6. The van der Waals surface area contributed by atoms with Crippen LogP contribution in [0.1, 0.15) is 29.4 Å². The number of nitrogens with zero attached hydrogens (tertiary/aromatic N) is 6. The molecule has 1 atom stereocenters. The van der Waals surface area contributed by atoms with Crippen molar-refractivity contribution < 1.29 is 22.5 Å². The van der Waals surface area contributed by atoms with Gasteiger partial charge in [0.1, 0.15) is 5.01 Å². The molecule has 1 aliphatic heterocycles. The average molecular weight is 482 g/mol. The summed E-state index contributed by atoms with van der Waals surface area (Å²) in [5.74, 6) is 0.306. The van der Waals surface area contributed by atoms with Crippen LogP contribution >= 0.6 is 11.3 Å². The number of hydrogen-bond acceptors (Lipinski definition) is 9. The van der Waals surface area contributed by atoms with Crippen molar-refractivity contribution in [1.29, 1.82) is 0 Å². The number of amides is 1. The average Bonchev–Trinajstić information content (AvgIpc) is 3.42. The lowest BCUT2D eigenvalue weighted by molar-refractivity contribution is -0.137. The number of anilines is 1. The number of alkyl halides is 3. The fourth-order valence-electron chi connectivity index (χ4n) is 3.53. The third kappa shape index (κ3) is 5.72. The van der Waals surface area contributed by atoms with Crippen LogP contribution in [0.3, 0.4) is 0 Å². The maximum absolute atomic E-state index is 13.0. The van der Waals surface area contributed by atoms with Crippen LogP contribution in [0.15, 0.2) is 28.8 Å². The molecule has 1 aromatic carbocycles. The van der Waals surface area contributed by atoms with E-state index in [-0.39, 0.29) is 29.9 Å². The molecule has 1 aliphatic rings. The first-order chi connectivity index (χ1) is 15.7. The fraction of sp³-hybridized carbons (Fsp3) is 0.450.